The Labute approximate surface area is 92.3 Å². The Hall–Kier alpha value is -1.08. The second-order valence-electron chi connectivity index (χ2n) is 3.89. The van der Waals surface area contributed by atoms with Crippen molar-refractivity contribution in [2.75, 3.05) is 13.1 Å². The first kappa shape index (κ1) is 13.9. The molecule has 0 aliphatic carbocycles. The van der Waals surface area contributed by atoms with E-state index in [0.717, 1.165) is 6.42 Å². The van der Waals surface area contributed by atoms with E-state index in [1.807, 2.05) is 32.6 Å². The lowest BCUT2D eigenvalue weighted by Crippen LogP contribution is -2.48. The average Bonchev–Trinajstić information content (AvgIpc) is 2.21. The standard InChI is InChI=1S/C11H21N3O/c1-5-7-13-11(15)10(4)14(8-6-12)9(2)3/h9-10H,5,7-8H2,1-4H3,(H,13,15). The van der Waals surface area contributed by atoms with Crippen molar-refractivity contribution in [2.45, 2.75) is 46.2 Å². The summed E-state index contributed by atoms with van der Waals surface area (Å²) < 4.78 is 0. The van der Waals surface area contributed by atoms with Crippen LogP contribution in [0.25, 0.3) is 0 Å². The summed E-state index contributed by atoms with van der Waals surface area (Å²) in [5.74, 6) is 0.000741. The predicted molar refractivity (Wildman–Crippen MR) is 60.2 cm³/mol. The third-order valence-corrected chi connectivity index (χ3v) is 2.34. The highest BCUT2D eigenvalue weighted by atomic mass is 16.2. The van der Waals surface area contributed by atoms with Gasteiger partial charge < -0.3 is 5.32 Å². The molecule has 0 saturated carbocycles. The molecule has 1 atom stereocenters. The van der Waals surface area contributed by atoms with Gasteiger partial charge in [0.2, 0.25) is 5.91 Å². The highest BCUT2D eigenvalue weighted by molar-refractivity contribution is 5.81. The zero-order chi connectivity index (χ0) is 11.8. The number of hydrogen-bond acceptors (Lipinski definition) is 3. The number of hydrogen-bond donors (Lipinski definition) is 1. The van der Waals surface area contributed by atoms with Gasteiger partial charge in [-0.25, -0.2) is 0 Å². The molecule has 0 heterocycles. The van der Waals surface area contributed by atoms with Crippen LogP contribution >= 0.6 is 0 Å². The van der Waals surface area contributed by atoms with Gasteiger partial charge in [0.15, 0.2) is 0 Å². The van der Waals surface area contributed by atoms with Crippen molar-refractivity contribution < 1.29 is 4.79 Å². The number of nitrogens with one attached hydrogen (secondary N) is 1. The zero-order valence-corrected chi connectivity index (χ0v) is 10.1. The Bertz CT molecular complexity index is 232. The zero-order valence-electron chi connectivity index (χ0n) is 10.1. The third kappa shape index (κ3) is 4.80. The first-order chi connectivity index (χ1) is 7.04. The molecule has 15 heavy (non-hydrogen) atoms. The maximum atomic E-state index is 11.7. The Morgan fingerprint density at radius 3 is 2.47 bits per heavy atom. The van der Waals surface area contributed by atoms with Crippen molar-refractivity contribution in [3.8, 4) is 6.07 Å². The fourth-order valence-electron chi connectivity index (χ4n) is 1.39. The van der Waals surface area contributed by atoms with Crippen LogP contribution in [0.15, 0.2) is 0 Å². The summed E-state index contributed by atoms with van der Waals surface area (Å²) in [6.45, 7) is 8.81. The number of carbonyl (C=O) groups excluding carboxylic acids is 1. The lowest BCUT2D eigenvalue weighted by molar-refractivity contribution is -0.126. The largest absolute Gasteiger partial charge is 0.355 e. The van der Waals surface area contributed by atoms with Crippen LogP contribution < -0.4 is 5.32 Å². The first-order valence-electron chi connectivity index (χ1n) is 5.45. The molecule has 0 aromatic heterocycles. The van der Waals surface area contributed by atoms with Gasteiger partial charge in [0.1, 0.15) is 0 Å². The molecular formula is C11H21N3O. The average molecular weight is 211 g/mol. The lowest BCUT2D eigenvalue weighted by Gasteiger charge is -2.29. The maximum absolute atomic E-state index is 11.7. The summed E-state index contributed by atoms with van der Waals surface area (Å²) in [7, 11) is 0. The van der Waals surface area contributed by atoms with Gasteiger partial charge in [-0.15, -0.1) is 0 Å². The molecule has 0 aliphatic rings. The molecule has 0 aliphatic heterocycles. The fourth-order valence-corrected chi connectivity index (χ4v) is 1.39. The molecule has 0 aromatic rings. The molecule has 1 amide bonds. The molecule has 0 bridgehead atoms. The van der Waals surface area contributed by atoms with E-state index in [2.05, 4.69) is 11.4 Å². The van der Waals surface area contributed by atoms with E-state index in [1.165, 1.54) is 0 Å². The third-order valence-electron chi connectivity index (χ3n) is 2.34. The van der Waals surface area contributed by atoms with Gasteiger partial charge in [0.25, 0.3) is 0 Å². The summed E-state index contributed by atoms with van der Waals surface area (Å²) in [5.41, 5.74) is 0. The van der Waals surface area contributed by atoms with Gasteiger partial charge in [0.05, 0.1) is 18.7 Å². The minimum Gasteiger partial charge on any atom is -0.355 e. The van der Waals surface area contributed by atoms with Crippen LogP contribution in [0.1, 0.15) is 34.1 Å². The number of rotatable bonds is 6. The SMILES string of the molecule is CCCNC(=O)C(C)N(CC#N)C(C)C. The van der Waals surface area contributed by atoms with Crippen LogP contribution in [0.3, 0.4) is 0 Å². The van der Waals surface area contributed by atoms with Gasteiger partial charge in [0, 0.05) is 12.6 Å². The molecule has 0 fully saturated rings. The number of nitriles is 1. The van der Waals surface area contributed by atoms with Crippen LogP contribution in [0.5, 0.6) is 0 Å². The van der Waals surface area contributed by atoms with E-state index in [-0.39, 0.29) is 18.0 Å². The van der Waals surface area contributed by atoms with E-state index >= 15 is 0 Å². The van der Waals surface area contributed by atoms with Crippen molar-refractivity contribution in [3.63, 3.8) is 0 Å². The summed E-state index contributed by atoms with van der Waals surface area (Å²) in [6.07, 6.45) is 0.929. The monoisotopic (exact) mass is 211 g/mol. The van der Waals surface area contributed by atoms with Gasteiger partial charge >= 0.3 is 0 Å². The highest BCUT2D eigenvalue weighted by Gasteiger charge is 2.22. The van der Waals surface area contributed by atoms with Crippen LogP contribution in [-0.2, 0) is 4.79 Å². The molecule has 1 unspecified atom stereocenters. The van der Waals surface area contributed by atoms with Gasteiger partial charge in [-0.2, -0.15) is 5.26 Å². The molecule has 4 heteroatoms. The Morgan fingerprint density at radius 1 is 1.47 bits per heavy atom. The summed E-state index contributed by atoms with van der Waals surface area (Å²) in [6, 6.07) is 2.05. The Balaban J connectivity index is 4.30. The Morgan fingerprint density at radius 2 is 2.07 bits per heavy atom. The smallest absolute Gasteiger partial charge is 0.237 e. The number of nitrogens with zero attached hydrogens (tertiary/aromatic N) is 2. The van der Waals surface area contributed by atoms with E-state index in [4.69, 9.17) is 5.26 Å². The minimum absolute atomic E-state index is 0.000741. The molecular weight excluding hydrogens is 190 g/mol. The molecule has 0 saturated heterocycles. The molecule has 0 spiro atoms. The first-order valence-corrected chi connectivity index (χ1v) is 5.45. The molecule has 1 N–H and O–H groups in total. The second-order valence-corrected chi connectivity index (χ2v) is 3.89. The van der Waals surface area contributed by atoms with Crippen molar-refractivity contribution >= 4 is 5.91 Å². The van der Waals surface area contributed by atoms with Crippen molar-refractivity contribution in [1.82, 2.24) is 10.2 Å². The van der Waals surface area contributed by atoms with E-state index in [1.54, 1.807) is 0 Å². The quantitative estimate of drug-likeness (QED) is 0.670. The lowest BCUT2D eigenvalue weighted by atomic mass is 10.2. The number of carbonyl (C=O) groups is 1. The number of amides is 1. The molecule has 0 rings (SSSR count). The van der Waals surface area contributed by atoms with Crippen LogP contribution in [-0.4, -0.2) is 36.0 Å². The minimum atomic E-state index is -0.240. The summed E-state index contributed by atoms with van der Waals surface area (Å²) in [4.78, 5) is 13.5. The van der Waals surface area contributed by atoms with Crippen LogP contribution in [0.2, 0.25) is 0 Å². The topological polar surface area (TPSA) is 56.1 Å². The van der Waals surface area contributed by atoms with E-state index in [0.29, 0.717) is 13.1 Å². The molecule has 86 valence electrons. The van der Waals surface area contributed by atoms with Crippen molar-refractivity contribution in [3.05, 3.63) is 0 Å². The second kappa shape index (κ2) is 7.24. The normalized spacial score (nSPS) is 12.6. The predicted octanol–water partition coefficient (Wildman–Crippen LogP) is 1.14. The fraction of sp³-hybridized carbons (Fsp3) is 0.818. The van der Waals surface area contributed by atoms with Crippen molar-refractivity contribution in [1.29, 1.82) is 5.26 Å². The van der Waals surface area contributed by atoms with E-state index in [9.17, 15) is 4.79 Å². The van der Waals surface area contributed by atoms with Gasteiger partial charge in [-0.3, -0.25) is 9.69 Å². The van der Waals surface area contributed by atoms with Crippen molar-refractivity contribution in [2.24, 2.45) is 0 Å². The van der Waals surface area contributed by atoms with Gasteiger partial charge in [-0.05, 0) is 27.2 Å². The van der Waals surface area contributed by atoms with Crippen LogP contribution in [0, 0.1) is 11.3 Å². The summed E-state index contributed by atoms with van der Waals surface area (Å²) >= 11 is 0. The molecule has 0 aromatic carbocycles. The van der Waals surface area contributed by atoms with E-state index < -0.39 is 0 Å². The molecule has 4 nitrogen and oxygen atoms in total. The molecule has 0 radical (unpaired) electrons. The Kier molecular flexibility index (Phi) is 6.72. The highest BCUT2D eigenvalue weighted by Crippen LogP contribution is 2.04. The summed E-state index contributed by atoms with van der Waals surface area (Å²) in [5, 5.41) is 11.5. The van der Waals surface area contributed by atoms with Gasteiger partial charge in [-0.1, -0.05) is 6.92 Å². The maximum Gasteiger partial charge on any atom is 0.237 e. The van der Waals surface area contributed by atoms with Crippen LogP contribution in [0.4, 0.5) is 0 Å².